The van der Waals surface area contributed by atoms with E-state index in [0.29, 0.717) is 5.92 Å². The van der Waals surface area contributed by atoms with E-state index in [1.165, 1.54) is 25.7 Å². The Bertz CT molecular complexity index is 190. The molecule has 0 aromatic rings. The van der Waals surface area contributed by atoms with E-state index >= 15 is 0 Å². The molecule has 0 amide bonds. The molecule has 2 rings (SSSR count). The predicted octanol–water partition coefficient (Wildman–Crippen LogP) is 1.78. The summed E-state index contributed by atoms with van der Waals surface area (Å²) in [4.78, 5) is 0. The molecule has 14 heavy (non-hydrogen) atoms. The Morgan fingerprint density at radius 2 is 1.71 bits per heavy atom. The number of β-amino-alcohol motifs (C(OH)–C–C–N with tert-alkyl or cyclic N) is 1. The summed E-state index contributed by atoms with van der Waals surface area (Å²) in [6.45, 7) is 6.29. The molecule has 2 nitrogen and oxygen atoms in total. The quantitative estimate of drug-likeness (QED) is 0.707. The largest absolute Gasteiger partial charge is 0.387 e. The zero-order valence-electron chi connectivity index (χ0n) is 9.42. The van der Waals surface area contributed by atoms with Crippen molar-refractivity contribution in [2.75, 3.05) is 13.1 Å². The third kappa shape index (κ3) is 1.82. The van der Waals surface area contributed by atoms with Crippen LogP contribution in [0.2, 0.25) is 0 Å². The fourth-order valence-electron chi connectivity index (χ4n) is 2.99. The van der Waals surface area contributed by atoms with Gasteiger partial charge in [0.25, 0.3) is 0 Å². The van der Waals surface area contributed by atoms with Gasteiger partial charge in [-0.05, 0) is 43.4 Å². The van der Waals surface area contributed by atoms with Crippen molar-refractivity contribution >= 4 is 0 Å². The molecule has 0 spiro atoms. The second-order valence-electron chi connectivity index (χ2n) is 5.56. The minimum atomic E-state index is -0.345. The summed E-state index contributed by atoms with van der Waals surface area (Å²) in [5, 5.41) is 13.4. The molecule has 2 aliphatic rings. The van der Waals surface area contributed by atoms with Crippen LogP contribution in [0.25, 0.3) is 0 Å². The molecule has 1 heterocycles. The average molecular weight is 197 g/mol. The molecule has 1 saturated heterocycles. The molecule has 2 N–H and O–H groups in total. The van der Waals surface area contributed by atoms with Crippen LogP contribution in [0.3, 0.4) is 0 Å². The molecule has 1 aliphatic carbocycles. The van der Waals surface area contributed by atoms with E-state index in [9.17, 15) is 5.11 Å². The zero-order valence-corrected chi connectivity index (χ0v) is 9.42. The van der Waals surface area contributed by atoms with Gasteiger partial charge < -0.3 is 10.4 Å². The normalized spacial score (nSPS) is 36.9. The van der Waals surface area contributed by atoms with Crippen LogP contribution in [0.5, 0.6) is 0 Å². The van der Waals surface area contributed by atoms with Gasteiger partial charge in [-0.3, -0.25) is 0 Å². The van der Waals surface area contributed by atoms with Crippen LogP contribution in [-0.2, 0) is 0 Å². The third-order valence-electron chi connectivity index (χ3n) is 4.34. The molecule has 0 aromatic carbocycles. The lowest BCUT2D eigenvalue weighted by molar-refractivity contribution is -0.0783. The molecule has 0 unspecified atom stereocenters. The number of aliphatic hydroxyl groups is 1. The van der Waals surface area contributed by atoms with E-state index < -0.39 is 0 Å². The summed E-state index contributed by atoms with van der Waals surface area (Å²) in [7, 11) is 0. The van der Waals surface area contributed by atoms with E-state index in [4.69, 9.17) is 0 Å². The Balaban J connectivity index is 1.84. The fourth-order valence-corrected chi connectivity index (χ4v) is 2.99. The van der Waals surface area contributed by atoms with Crippen LogP contribution in [0, 0.1) is 17.8 Å². The van der Waals surface area contributed by atoms with Crippen molar-refractivity contribution in [3.05, 3.63) is 0 Å². The maximum Gasteiger partial charge on any atom is 0.0923 e. The lowest BCUT2D eigenvalue weighted by Gasteiger charge is -2.47. The molecule has 0 radical (unpaired) electrons. The van der Waals surface area contributed by atoms with Gasteiger partial charge >= 0.3 is 0 Å². The number of hydrogen-bond acceptors (Lipinski definition) is 2. The topological polar surface area (TPSA) is 32.3 Å². The van der Waals surface area contributed by atoms with E-state index in [1.807, 2.05) is 0 Å². The van der Waals surface area contributed by atoms with Crippen molar-refractivity contribution in [2.24, 2.45) is 17.8 Å². The summed E-state index contributed by atoms with van der Waals surface area (Å²) >= 11 is 0. The Morgan fingerprint density at radius 3 is 2.07 bits per heavy atom. The third-order valence-corrected chi connectivity index (χ3v) is 4.34. The molecular formula is C12H23NO. The smallest absolute Gasteiger partial charge is 0.0923 e. The first kappa shape index (κ1) is 10.4. The van der Waals surface area contributed by atoms with Crippen LogP contribution in [0.4, 0.5) is 0 Å². The molecule has 0 atom stereocenters. The standard InChI is InChI=1S/C12H23NO/c1-9(2)10-3-5-11(6-4-10)12(14)7-13-8-12/h9-11,13-14H,3-8H2,1-2H3. The number of nitrogens with one attached hydrogen (secondary N) is 1. The van der Waals surface area contributed by atoms with Crippen LogP contribution in [0.15, 0.2) is 0 Å². The van der Waals surface area contributed by atoms with Crippen LogP contribution in [-0.4, -0.2) is 23.8 Å². The fraction of sp³-hybridized carbons (Fsp3) is 1.00. The van der Waals surface area contributed by atoms with Crippen molar-refractivity contribution in [1.82, 2.24) is 5.32 Å². The van der Waals surface area contributed by atoms with Crippen molar-refractivity contribution in [3.8, 4) is 0 Å². The Kier molecular flexibility index (Phi) is 2.85. The molecule has 82 valence electrons. The van der Waals surface area contributed by atoms with Crippen LogP contribution in [0.1, 0.15) is 39.5 Å². The molecule has 2 fully saturated rings. The Morgan fingerprint density at radius 1 is 1.14 bits per heavy atom. The van der Waals surface area contributed by atoms with Crippen LogP contribution >= 0.6 is 0 Å². The lowest BCUT2D eigenvalue weighted by atomic mass is 9.69. The molecular weight excluding hydrogens is 174 g/mol. The summed E-state index contributed by atoms with van der Waals surface area (Å²) in [5.74, 6) is 2.30. The van der Waals surface area contributed by atoms with E-state index in [-0.39, 0.29) is 5.60 Å². The first-order valence-corrected chi connectivity index (χ1v) is 6.05. The summed E-state index contributed by atoms with van der Waals surface area (Å²) in [6.07, 6.45) is 5.12. The van der Waals surface area contributed by atoms with Gasteiger partial charge in [0.05, 0.1) is 5.60 Å². The summed E-state index contributed by atoms with van der Waals surface area (Å²) < 4.78 is 0. The average Bonchev–Trinajstić information content (AvgIpc) is 2.14. The monoisotopic (exact) mass is 197 g/mol. The predicted molar refractivity (Wildman–Crippen MR) is 58.1 cm³/mol. The molecule has 1 aliphatic heterocycles. The SMILES string of the molecule is CC(C)C1CCC(C2(O)CNC2)CC1. The van der Waals surface area contributed by atoms with Gasteiger partial charge in [0.1, 0.15) is 0 Å². The summed E-state index contributed by atoms with van der Waals surface area (Å²) in [6, 6.07) is 0. The second-order valence-corrected chi connectivity index (χ2v) is 5.56. The minimum absolute atomic E-state index is 0.345. The van der Waals surface area contributed by atoms with Gasteiger partial charge in [-0.25, -0.2) is 0 Å². The van der Waals surface area contributed by atoms with Gasteiger partial charge in [-0.1, -0.05) is 13.8 Å². The van der Waals surface area contributed by atoms with E-state index in [2.05, 4.69) is 19.2 Å². The molecule has 2 heteroatoms. The van der Waals surface area contributed by atoms with Crippen molar-refractivity contribution < 1.29 is 5.11 Å². The van der Waals surface area contributed by atoms with Crippen LogP contribution < -0.4 is 5.32 Å². The van der Waals surface area contributed by atoms with Crippen molar-refractivity contribution in [3.63, 3.8) is 0 Å². The lowest BCUT2D eigenvalue weighted by Crippen LogP contribution is -2.64. The minimum Gasteiger partial charge on any atom is -0.387 e. The van der Waals surface area contributed by atoms with Gasteiger partial charge in [0.2, 0.25) is 0 Å². The molecule has 1 saturated carbocycles. The van der Waals surface area contributed by atoms with Crippen molar-refractivity contribution in [2.45, 2.75) is 45.1 Å². The maximum atomic E-state index is 10.2. The zero-order chi connectivity index (χ0) is 10.2. The van der Waals surface area contributed by atoms with Gasteiger partial charge in [-0.15, -0.1) is 0 Å². The Hall–Kier alpha value is -0.0800. The maximum absolute atomic E-state index is 10.2. The highest BCUT2D eigenvalue weighted by atomic mass is 16.3. The Labute approximate surface area is 87.1 Å². The summed E-state index contributed by atoms with van der Waals surface area (Å²) in [5.41, 5.74) is -0.345. The molecule has 0 aromatic heterocycles. The highest BCUT2D eigenvalue weighted by Crippen LogP contribution is 2.39. The van der Waals surface area contributed by atoms with E-state index in [1.54, 1.807) is 0 Å². The van der Waals surface area contributed by atoms with Crippen molar-refractivity contribution in [1.29, 1.82) is 0 Å². The van der Waals surface area contributed by atoms with Gasteiger partial charge in [0.15, 0.2) is 0 Å². The molecule has 0 bridgehead atoms. The van der Waals surface area contributed by atoms with Gasteiger partial charge in [-0.2, -0.15) is 0 Å². The highest BCUT2D eigenvalue weighted by Gasteiger charge is 2.43. The number of rotatable bonds is 2. The van der Waals surface area contributed by atoms with Gasteiger partial charge in [0, 0.05) is 13.1 Å². The first-order chi connectivity index (χ1) is 6.62. The first-order valence-electron chi connectivity index (χ1n) is 6.05. The highest BCUT2D eigenvalue weighted by molar-refractivity contribution is 4.99. The number of hydrogen-bond donors (Lipinski definition) is 2. The second kappa shape index (κ2) is 3.82. The van der Waals surface area contributed by atoms with E-state index in [0.717, 1.165) is 24.9 Å².